The molecule has 0 bridgehead atoms. The Labute approximate surface area is 180 Å². The second-order valence-electron chi connectivity index (χ2n) is 7.75. The van der Waals surface area contributed by atoms with E-state index in [1.807, 2.05) is 18.6 Å². The van der Waals surface area contributed by atoms with Crippen molar-refractivity contribution in [3.63, 3.8) is 0 Å². The first-order valence-electron chi connectivity index (χ1n) is 10.4. The molecule has 156 valence electrons. The van der Waals surface area contributed by atoms with Gasteiger partial charge in [0.05, 0.1) is 36.7 Å². The summed E-state index contributed by atoms with van der Waals surface area (Å²) in [5, 5.41) is 0. The average molecular weight is 402 g/mol. The molecule has 0 saturated heterocycles. The molecule has 3 aromatic rings. The van der Waals surface area contributed by atoms with E-state index in [0.29, 0.717) is 0 Å². The topological polar surface area (TPSA) is 45.2 Å². The molecule has 0 fully saturated rings. The first kappa shape index (κ1) is 21.5. The molecule has 0 aliphatic carbocycles. The Hall–Kier alpha value is -3.21. The normalized spacial score (nSPS) is 11.1. The molecule has 3 heterocycles. The Morgan fingerprint density at radius 1 is 0.600 bits per heavy atom. The zero-order valence-corrected chi connectivity index (χ0v) is 18.4. The Balaban J connectivity index is 1.73. The van der Waals surface area contributed by atoms with Crippen molar-refractivity contribution >= 4 is 0 Å². The number of hydrogen-bond acceptors (Lipinski definition) is 5. The van der Waals surface area contributed by atoms with Gasteiger partial charge in [0.2, 0.25) is 0 Å². The first-order chi connectivity index (χ1) is 14.5. The maximum absolute atomic E-state index is 4.58. The van der Waals surface area contributed by atoms with Crippen molar-refractivity contribution in [2.75, 3.05) is 6.54 Å². The molecule has 0 unspecified atom stereocenters. The van der Waals surface area contributed by atoms with Crippen LogP contribution in [0, 0.1) is 20.8 Å². The molecule has 5 nitrogen and oxygen atoms in total. The molecule has 3 aromatic heterocycles. The first-order valence-corrected chi connectivity index (χ1v) is 10.4. The van der Waals surface area contributed by atoms with E-state index in [1.165, 1.54) is 16.7 Å². The van der Waals surface area contributed by atoms with Gasteiger partial charge in [0, 0.05) is 37.5 Å². The van der Waals surface area contributed by atoms with Crippen molar-refractivity contribution in [1.29, 1.82) is 0 Å². The van der Waals surface area contributed by atoms with Gasteiger partial charge in [-0.25, -0.2) is 0 Å². The van der Waals surface area contributed by atoms with Crippen LogP contribution in [0.4, 0.5) is 0 Å². The van der Waals surface area contributed by atoms with Crippen LogP contribution in [0.3, 0.4) is 0 Å². The number of aromatic nitrogens is 3. The fraction of sp³-hybridized carbons (Fsp3) is 0.320. The van der Waals surface area contributed by atoms with Crippen LogP contribution in [0.25, 0.3) is 0 Å². The standard InChI is InChI=1S/C25H31N5/c1-5-29(17-23-9-6-20(2)14-26-23)12-13-30(18-24-10-7-21(3)15-27-24)19-25-11-8-22(4)16-28-25/h6-16H,5,17-19H2,1-4H3/b13-12+. The summed E-state index contributed by atoms with van der Waals surface area (Å²) < 4.78 is 0. The van der Waals surface area contributed by atoms with Gasteiger partial charge in [0.25, 0.3) is 0 Å². The van der Waals surface area contributed by atoms with Gasteiger partial charge in [-0.2, -0.15) is 0 Å². The monoisotopic (exact) mass is 401 g/mol. The van der Waals surface area contributed by atoms with Crippen LogP contribution in [0.5, 0.6) is 0 Å². The molecule has 30 heavy (non-hydrogen) atoms. The van der Waals surface area contributed by atoms with Gasteiger partial charge in [-0.05, 0) is 62.6 Å². The highest BCUT2D eigenvalue weighted by molar-refractivity contribution is 5.15. The summed E-state index contributed by atoms with van der Waals surface area (Å²) in [6.07, 6.45) is 10.0. The number of hydrogen-bond donors (Lipinski definition) is 0. The van der Waals surface area contributed by atoms with Crippen LogP contribution in [0.1, 0.15) is 40.7 Å². The van der Waals surface area contributed by atoms with Crippen molar-refractivity contribution in [3.05, 3.63) is 101 Å². The molecule has 0 amide bonds. The van der Waals surface area contributed by atoms with Crippen molar-refractivity contribution in [2.24, 2.45) is 0 Å². The largest absolute Gasteiger partial charge is 0.371 e. The fourth-order valence-corrected chi connectivity index (χ4v) is 3.02. The lowest BCUT2D eigenvalue weighted by Gasteiger charge is -2.23. The molecule has 0 spiro atoms. The van der Waals surface area contributed by atoms with E-state index >= 15 is 0 Å². The van der Waals surface area contributed by atoms with E-state index in [0.717, 1.165) is 43.3 Å². The molecule has 0 aliphatic rings. The quantitative estimate of drug-likeness (QED) is 0.516. The summed E-state index contributed by atoms with van der Waals surface area (Å²) in [5.74, 6) is 0. The third-order valence-electron chi connectivity index (χ3n) is 4.91. The average Bonchev–Trinajstić information content (AvgIpc) is 2.75. The van der Waals surface area contributed by atoms with Crippen molar-refractivity contribution in [2.45, 2.75) is 47.3 Å². The highest BCUT2D eigenvalue weighted by Crippen LogP contribution is 2.11. The molecule has 0 saturated carbocycles. The highest BCUT2D eigenvalue weighted by Gasteiger charge is 2.07. The van der Waals surface area contributed by atoms with Crippen LogP contribution in [-0.4, -0.2) is 31.3 Å². The lowest BCUT2D eigenvalue weighted by atomic mass is 10.2. The molecular weight excluding hydrogens is 370 g/mol. The zero-order chi connectivity index (χ0) is 21.3. The van der Waals surface area contributed by atoms with E-state index < -0.39 is 0 Å². The second-order valence-corrected chi connectivity index (χ2v) is 7.75. The molecule has 0 radical (unpaired) electrons. The van der Waals surface area contributed by atoms with Gasteiger partial charge in [-0.3, -0.25) is 15.0 Å². The maximum atomic E-state index is 4.58. The molecule has 3 rings (SSSR count). The van der Waals surface area contributed by atoms with E-state index in [9.17, 15) is 0 Å². The van der Waals surface area contributed by atoms with Crippen molar-refractivity contribution in [3.8, 4) is 0 Å². The van der Waals surface area contributed by atoms with Gasteiger partial charge >= 0.3 is 0 Å². The molecule has 0 N–H and O–H groups in total. The molecule has 5 heteroatoms. The minimum Gasteiger partial charge on any atom is -0.371 e. The molecular formula is C25H31N5. The Kier molecular flexibility index (Phi) is 7.55. The van der Waals surface area contributed by atoms with Crippen molar-refractivity contribution < 1.29 is 0 Å². The fourth-order valence-electron chi connectivity index (χ4n) is 3.02. The second kappa shape index (κ2) is 10.5. The highest BCUT2D eigenvalue weighted by atomic mass is 15.2. The van der Waals surface area contributed by atoms with E-state index in [4.69, 9.17) is 0 Å². The minimum atomic E-state index is 0.729. The number of rotatable bonds is 9. The molecule has 0 aromatic carbocycles. The van der Waals surface area contributed by atoms with E-state index in [2.05, 4.69) is 101 Å². The minimum absolute atomic E-state index is 0.729. The van der Waals surface area contributed by atoms with E-state index in [-0.39, 0.29) is 0 Å². The van der Waals surface area contributed by atoms with Crippen LogP contribution >= 0.6 is 0 Å². The van der Waals surface area contributed by atoms with Gasteiger partial charge in [-0.1, -0.05) is 18.2 Å². The lowest BCUT2D eigenvalue weighted by molar-refractivity contribution is 0.328. The Bertz CT molecular complexity index is 883. The lowest BCUT2D eigenvalue weighted by Crippen LogP contribution is -2.22. The maximum Gasteiger partial charge on any atom is 0.0601 e. The summed E-state index contributed by atoms with van der Waals surface area (Å²) in [6.45, 7) is 11.5. The van der Waals surface area contributed by atoms with Crippen molar-refractivity contribution in [1.82, 2.24) is 24.8 Å². The summed E-state index contributed by atoms with van der Waals surface area (Å²) in [6, 6.07) is 12.6. The SMILES string of the molecule is CCN(/C=C/N(Cc1ccc(C)cn1)Cc1ccc(C)cn1)Cc1ccc(C)cn1. The summed E-state index contributed by atoms with van der Waals surface area (Å²) in [4.78, 5) is 18.2. The van der Waals surface area contributed by atoms with Gasteiger partial charge in [0.1, 0.15) is 0 Å². The predicted molar refractivity (Wildman–Crippen MR) is 121 cm³/mol. The number of nitrogens with zero attached hydrogens (tertiary/aromatic N) is 5. The molecule has 0 atom stereocenters. The molecule has 0 aliphatic heterocycles. The van der Waals surface area contributed by atoms with E-state index in [1.54, 1.807) is 0 Å². The Morgan fingerprint density at radius 3 is 1.30 bits per heavy atom. The smallest absolute Gasteiger partial charge is 0.0601 e. The zero-order valence-electron chi connectivity index (χ0n) is 18.4. The van der Waals surface area contributed by atoms with Gasteiger partial charge in [0.15, 0.2) is 0 Å². The Morgan fingerprint density at radius 2 is 0.967 bits per heavy atom. The summed E-state index contributed by atoms with van der Waals surface area (Å²) >= 11 is 0. The van der Waals surface area contributed by atoms with Crippen LogP contribution in [0.2, 0.25) is 0 Å². The number of pyridine rings is 3. The summed E-state index contributed by atoms with van der Waals surface area (Å²) in [5.41, 5.74) is 6.67. The predicted octanol–water partition coefficient (Wildman–Crippen LogP) is 4.79. The van der Waals surface area contributed by atoms with Gasteiger partial charge in [-0.15, -0.1) is 0 Å². The van der Waals surface area contributed by atoms with Crippen LogP contribution in [0.15, 0.2) is 67.4 Å². The third kappa shape index (κ3) is 6.69. The summed E-state index contributed by atoms with van der Waals surface area (Å²) in [7, 11) is 0. The third-order valence-corrected chi connectivity index (χ3v) is 4.91. The number of aryl methyl sites for hydroxylation is 3. The van der Waals surface area contributed by atoms with Crippen LogP contribution < -0.4 is 0 Å². The van der Waals surface area contributed by atoms with Gasteiger partial charge < -0.3 is 9.80 Å². The van der Waals surface area contributed by atoms with Crippen LogP contribution in [-0.2, 0) is 19.6 Å².